The molecule has 1 saturated carbocycles. The van der Waals surface area contributed by atoms with Crippen molar-refractivity contribution in [3.8, 4) is 23.6 Å². The fourth-order valence-corrected chi connectivity index (χ4v) is 4.66. The number of H-pyrrole nitrogens is 1. The third-order valence-corrected chi connectivity index (χ3v) is 5.99. The highest BCUT2D eigenvalue weighted by atomic mass is 16.6. The van der Waals surface area contributed by atoms with E-state index in [1.165, 1.54) is 11.1 Å². The SMILES string of the molecule is C#Cc1ccc2c(c1)CCc1nc([C@@H]3C[C@H]4CC4N3C(=O)OC(C)(C)C)[nH]c1-2. The van der Waals surface area contributed by atoms with Crippen molar-refractivity contribution >= 4 is 6.09 Å². The Labute approximate surface area is 165 Å². The lowest BCUT2D eigenvalue weighted by molar-refractivity contribution is 0.0175. The maximum absolute atomic E-state index is 12.8. The van der Waals surface area contributed by atoms with Crippen LogP contribution in [-0.4, -0.2) is 32.6 Å². The number of likely N-dealkylation sites (tertiary alicyclic amines) is 1. The molecule has 0 spiro atoms. The van der Waals surface area contributed by atoms with Crippen LogP contribution in [0.25, 0.3) is 11.3 Å². The molecular weight excluding hydrogens is 350 g/mol. The Hall–Kier alpha value is -2.74. The van der Waals surface area contributed by atoms with Crippen LogP contribution in [0.4, 0.5) is 4.79 Å². The zero-order chi connectivity index (χ0) is 19.6. The number of nitrogens with zero attached hydrogens (tertiary/aromatic N) is 2. The van der Waals surface area contributed by atoms with E-state index in [-0.39, 0.29) is 12.1 Å². The van der Waals surface area contributed by atoms with Crippen LogP contribution in [-0.2, 0) is 17.6 Å². The summed E-state index contributed by atoms with van der Waals surface area (Å²) in [6, 6.07) is 6.43. The number of carbonyl (C=O) groups is 1. The Morgan fingerprint density at radius 1 is 1.32 bits per heavy atom. The fourth-order valence-electron chi connectivity index (χ4n) is 4.66. The van der Waals surface area contributed by atoms with Crippen LogP contribution in [0.5, 0.6) is 0 Å². The molecule has 144 valence electrons. The average molecular weight is 375 g/mol. The van der Waals surface area contributed by atoms with Gasteiger partial charge < -0.3 is 9.72 Å². The van der Waals surface area contributed by atoms with E-state index in [0.29, 0.717) is 12.0 Å². The van der Waals surface area contributed by atoms with Gasteiger partial charge in [0.2, 0.25) is 0 Å². The fraction of sp³-hybridized carbons (Fsp3) is 0.478. The molecule has 3 atom stereocenters. The number of aryl methyl sites for hydroxylation is 2. The van der Waals surface area contributed by atoms with Gasteiger partial charge in [0.05, 0.1) is 17.4 Å². The summed E-state index contributed by atoms with van der Waals surface area (Å²) in [5.41, 5.74) is 5.01. The summed E-state index contributed by atoms with van der Waals surface area (Å²) in [7, 11) is 0. The Kier molecular flexibility index (Phi) is 3.64. The standard InChI is InChI=1S/C23H25N3O2/c1-5-13-6-8-16-14(10-13)7-9-17-20(16)25-21(24-17)19-12-15-11-18(15)26(19)22(27)28-23(2,3)4/h1,6,8,10,15,18-19H,7,9,11-12H2,2-4H3,(H,24,25)/t15-,18?,19+/m1/s1. The zero-order valence-electron chi connectivity index (χ0n) is 16.6. The quantitative estimate of drug-likeness (QED) is 0.759. The number of benzene rings is 1. The molecule has 1 saturated heterocycles. The molecule has 5 rings (SSSR count). The number of imidazole rings is 1. The van der Waals surface area contributed by atoms with Crippen molar-refractivity contribution in [3.05, 3.63) is 40.8 Å². The number of hydrogen-bond acceptors (Lipinski definition) is 3. The van der Waals surface area contributed by atoms with E-state index in [4.69, 9.17) is 16.1 Å². The maximum Gasteiger partial charge on any atom is 0.411 e. The van der Waals surface area contributed by atoms with Crippen LogP contribution in [0, 0.1) is 18.3 Å². The van der Waals surface area contributed by atoms with E-state index in [1.807, 2.05) is 31.7 Å². The van der Waals surface area contributed by atoms with Crippen LogP contribution >= 0.6 is 0 Å². The van der Waals surface area contributed by atoms with Crippen LogP contribution in [0.1, 0.15) is 62.3 Å². The van der Waals surface area contributed by atoms with E-state index in [9.17, 15) is 4.79 Å². The van der Waals surface area contributed by atoms with Crippen molar-refractivity contribution in [2.75, 3.05) is 0 Å². The number of ether oxygens (including phenoxy) is 1. The van der Waals surface area contributed by atoms with E-state index < -0.39 is 5.60 Å². The molecule has 1 aromatic carbocycles. The molecule has 5 heteroatoms. The van der Waals surface area contributed by atoms with Crippen LogP contribution < -0.4 is 0 Å². The highest BCUT2D eigenvalue weighted by Gasteiger charge is 2.56. The van der Waals surface area contributed by atoms with Crippen molar-refractivity contribution in [2.45, 2.75) is 64.1 Å². The lowest BCUT2D eigenvalue weighted by atomic mass is 9.91. The number of aromatic amines is 1. The van der Waals surface area contributed by atoms with Crippen LogP contribution in [0.2, 0.25) is 0 Å². The Morgan fingerprint density at radius 3 is 2.89 bits per heavy atom. The van der Waals surface area contributed by atoms with E-state index >= 15 is 0 Å². The molecule has 1 aliphatic heterocycles. The molecule has 1 amide bonds. The first-order chi connectivity index (χ1) is 13.3. The predicted octanol–water partition coefficient (Wildman–Crippen LogP) is 4.23. The summed E-state index contributed by atoms with van der Waals surface area (Å²) >= 11 is 0. The lowest BCUT2D eigenvalue weighted by Crippen LogP contribution is -2.38. The first kappa shape index (κ1) is 17.4. The summed E-state index contributed by atoms with van der Waals surface area (Å²) in [6.45, 7) is 5.73. The van der Waals surface area contributed by atoms with Crippen LogP contribution in [0.3, 0.4) is 0 Å². The number of piperidine rings is 1. The second-order valence-electron chi connectivity index (χ2n) is 9.16. The number of amides is 1. The number of terminal acetylenes is 1. The largest absolute Gasteiger partial charge is 0.444 e. The van der Waals surface area contributed by atoms with Gasteiger partial charge in [0.1, 0.15) is 11.4 Å². The lowest BCUT2D eigenvalue weighted by Gasteiger charge is -2.29. The third kappa shape index (κ3) is 2.79. The zero-order valence-corrected chi connectivity index (χ0v) is 16.6. The summed E-state index contributed by atoms with van der Waals surface area (Å²) in [6.07, 6.45) is 9.18. The van der Waals surface area contributed by atoms with Gasteiger partial charge in [0, 0.05) is 17.2 Å². The Bertz CT molecular complexity index is 1010. The molecule has 28 heavy (non-hydrogen) atoms. The maximum atomic E-state index is 12.8. The summed E-state index contributed by atoms with van der Waals surface area (Å²) in [5, 5.41) is 0. The summed E-state index contributed by atoms with van der Waals surface area (Å²) in [4.78, 5) is 23.2. The van der Waals surface area contributed by atoms with E-state index in [2.05, 4.69) is 23.0 Å². The second-order valence-corrected chi connectivity index (χ2v) is 9.16. The number of nitrogens with one attached hydrogen (secondary N) is 1. The molecule has 5 nitrogen and oxygen atoms in total. The average Bonchev–Trinajstić information content (AvgIpc) is 3.11. The minimum absolute atomic E-state index is 0.0300. The molecule has 1 unspecified atom stereocenters. The number of fused-ring (bicyclic) bond motifs is 4. The van der Waals surface area contributed by atoms with Crippen molar-refractivity contribution in [1.82, 2.24) is 14.9 Å². The van der Waals surface area contributed by atoms with E-state index in [1.54, 1.807) is 0 Å². The molecule has 1 aromatic heterocycles. The van der Waals surface area contributed by atoms with Crippen molar-refractivity contribution in [3.63, 3.8) is 0 Å². The first-order valence-corrected chi connectivity index (χ1v) is 10.0. The second kappa shape index (κ2) is 5.88. The van der Waals surface area contributed by atoms with Gasteiger partial charge in [-0.25, -0.2) is 9.78 Å². The highest BCUT2D eigenvalue weighted by Crippen LogP contribution is 2.53. The molecule has 2 fully saturated rings. The minimum atomic E-state index is -0.495. The van der Waals surface area contributed by atoms with Gasteiger partial charge in [0.25, 0.3) is 0 Å². The third-order valence-electron chi connectivity index (χ3n) is 5.99. The van der Waals surface area contributed by atoms with Gasteiger partial charge >= 0.3 is 6.09 Å². The summed E-state index contributed by atoms with van der Waals surface area (Å²) < 4.78 is 5.68. The topological polar surface area (TPSA) is 58.2 Å². The van der Waals surface area contributed by atoms with Gasteiger partial charge in [-0.2, -0.15) is 0 Å². The molecule has 3 aliphatic rings. The molecular formula is C23H25N3O2. The highest BCUT2D eigenvalue weighted by molar-refractivity contribution is 5.72. The Balaban J connectivity index is 1.47. The normalized spacial score (nSPS) is 24.8. The molecule has 1 N–H and O–H groups in total. The van der Waals surface area contributed by atoms with Crippen molar-refractivity contribution < 1.29 is 9.53 Å². The van der Waals surface area contributed by atoms with Gasteiger partial charge in [0.15, 0.2) is 0 Å². The van der Waals surface area contributed by atoms with E-state index in [0.717, 1.165) is 48.5 Å². The summed E-state index contributed by atoms with van der Waals surface area (Å²) in [5.74, 6) is 4.17. The number of aromatic nitrogens is 2. The molecule has 2 heterocycles. The van der Waals surface area contributed by atoms with Crippen molar-refractivity contribution in [2.24, 2.45) is 5.92 Å². The smallest absolute Gasteiger partial charge is 0.411 e. The van der Waals surface area contributed by atoms with Gasteiger partial charge in [-0.1, -0.05) is 12.0 Å². The van der Waals surface area contributed by atoms with Gasteiger partial charge in [-0.15, -0.1) is 6.42 Å². The Morgan fingerprint density at radius 2 is 2.14 bits per heavy atom. The molecule has 0 bridgehead atoms. The number of carbonyl (C=O) groups excluding carboxylic acids is 1. The predicted molar refractivity (Wildman–Crippen MR) is 107 cm³/mol. The molecule has 2 aliphatic carbocycles. The monoisotopic (exact) mass is 375 g/mol. The first-order valence-electron chi connectivity index (χ1n) is 10.0. The van der Waals surface area contributed by atoms with Gasteiger partial charge in [-0.3, -0.25) is 4.90 Å². The minimum Gasteiger partial charge on any atom is -0.444 e. The van der Waals surface area contributed by atoms with Gasteiger partial charge in [-0.05, 0) is 70.1 Å². The number of hydrogen-bond donors (Lipinski definition) is 1. The number of rotatable bonds is 1. The molecule has 0 radical (unpaired) electrons. The van der Waals surface area contributed by atoms with Crippen LogP contribution in [0.15, 0.2) is 18.2 Å². The molecule has 2 aromatic rings. The van der Waals surface area contributed by atoms with Crippen molar-refractivity contribution in [1.29, 1.82) is 0 Å².